The highest BCUT2D eigenvalue weighted by atomic mass is 32.2. The van der Waals surface area contributed by atoms with Crippen LogP contribution in [0.3, 0.4) is 0 Å². The molecule has 1 fully saturated rings. The molecule has 0 saturated carbocycles. The Morgan fingerprint density at radius 2 is 1.71 bits per heavy atom. The van der Waals surface area contributed by atoms with Crippen molar-refractivity contribution in [3.63, 3.8) is 0 Å². The van der Waals surface area contributed by atoms with Crippen LogP contribution in [0.1, 0.15) is 45.2 Å². The van der Waals surface area contributed by atoms with Gasteiger partial charge in [-0.1, -0.05) is 29.8 Å². The second-order valence-electron chi connectivity index (χ2n) is 7.75. The third-order valence-corrected chi connectivity index (χ3v) is 6.91. The molecule has 6 heteroatoms. The van der Waals surface area contributed by atoms with Gasteiger partial charge in [0, 0.05) is 0 Å². The van der Waals surface area contributed by atoms with Crippen LogP contribution >= 0.6 is 0 Å². The maximum absolute atomic E-state index is 11.6. The van der Waals surface area contributed by atoms with Gasteiger partial charge >= 0.3 is 7.12 Å². The van der Waals surface area contributed by atoms with Crippen molar-refractivity contribution in [2.75, 3.05) is 11.5 Å². The summed E-state index contributed by atoms with van der Waals surface area (Å²) in [6, 6.07) is 6.18. The Balaban J connectivity index is 1.86. The van der Waals surface area contributed by atoms with Crippen LogP contribution in [0.2, 0.25) is 0 Å². The van der Waals surface area contributed by atoms with Crippen molar-refractivity contribution in [3.05, 3.63) is 35.4 Å². The zero-order valence-electron chi connectivity index (χ0n) is 15.0. The first kappa shape index (κ1) is 17.7. The summed E-state index contributed by atoms with van der Waals surface area (Å²) in [6.07, 6.45) is 2.42. The molecule has 2 heterocycles. The zero-order chi connectivity index (χ0) is 17.8. The Labute approximate surface area is 145 Å². The summed E-state index contributed by atoms with van der Waals surface area (Å²) in [5.41, 5.74) is 3.60. The molecule has 0 radical (unpaired) electrons. The molecule has 2 aliphatic heterocycles. The minimum atomic E-state index is -2.90. The molecule has 1 aromatic rings. The van der Waals surface area contributed by atoms with Crippen molar-refractivity contribution < 1.29 is 17.7 Å². The fraction of sp³-hybridized carbons (Fsp3) is 0.556. The van der Waals surface area contributed by atoms with Crippen LogP contribution in [-0.2, 0) is 19.1 Å². The topological polar surface area (TPSA) is 52.6 Å². The highest BCUT2D eigenvalue weighted by Crippen LogP contribution is 2.36. The van der Waals surface area contributed by atoms with E-state index in [-0.39, 0.29) is 29.8 Å². The molecule has 0 unspecified atom stereocenters. The molecule has 1 aromatic carbocycles. The van der Waals surface area contributed by atoms with Gasteiger partial charge < -0.3 is 9.31 Å². The van der Waals surface area contributed by atoms with Gasteiger partial charge in [0.1, 0.15) is 0 Å². The van der Waals surface area contributed by atoms with Crippen LogP contribution in [0.25, 0.3) is 5.57 Å². The fourth-order valence-corrected chi connectivity index (χ4v) is 4.20. The summed E-state index contributed by atoms with van der Waals surface area (Å²) >= 11 is 0. The van der Waals surface area contributed by atoms with Gasteiger partial charge in [-0.05, 0) is 57.6 Å². The normalized spacial score (nSPS) is 24.7. The molecule has 0 aliphatic carbocycles. The van der Waals surface area contributed by atoms with Crippen molar-refractivity contribution in [2.24, 2.45) is 0 Å². The molecule has 1 saturated heterocycles. The molecule has 0 spiro atoms. The number of rotatable bonds is 2. The molecular formula is C18H25BO4S. The Kier molecular flexibility index (Phi) is 4.22. The van der Waals surface area contributed by atoms with Crippen molar-refractivity contribution in [3.8, 4) is 0 Å². The first-order valence-corrected chi connectivity index (χ1v) is 10.2. The lowest BCUT2D eigenvalue weighted by atomic mass is 9.75. The van der Waals surface area contributed by atoms with Gasteiger partial charge in [0.15, 0.2) is 9.84 Å². The summed E-state index contributed by atoms with van der Waals surface area (Å²) in [5, 5.41) is 0. The number of benzene rings is 1. The smallest absolute Gasteiger partial charge is 0.399 e. The van der Waals surface area contributed by atoms with Crippen LogP contribution in [0.15, 0.2) is 24.3 Å². The Morgan fingerprint density at radius 1 is 1.08 bits per heavy atom. The summed E-state index contributed by atoms with van der Waals surface area (Å²) in [6.45, 7) is 10.2. The Morgan fingerprint density at radius 3 is 2.21 bits per heavy atom. The molecule has 0 atom stereocenters. The van der Waals surface area contributed by atoms with E-state index < -0.39 is 9.84 Å². The zero-order valence-corrected chi connectivity index (χ0v) is 15.9. The van der Waals surface area contributed by atoms with Gasteiger partial charge in [-0.25, -0.2) is 8.42 Å². The van der Waals surface area contributed by atoms with E-state index in [1.165, 1.54) is 0 Å². The van der Waals surface area contributed by atoms with Gasteiger partial charge in [0.25, 0.3) is 0 Å². The standard InChI is InChI=1S/C18H25BO4S/c1-13-12-15(14-8-10-24(20,21)11-9-14)6-7-16(13)19-22-17(2,3)18(4,5)23-19/h6-8,12H,9-11H2,1-5H3. The lowest BCUT2D eigenvalue weighted by molar-refractivity contribution is 0.00578. The third kappa shape index (κ3) is 3.19. The molecule has 24 heavy (non-hydrogen) atoms. The molecule has 130 valence electrons. The SMILES string of the molecule is Cc1cc(C2=CCS(=O)(=O)CC2)ccc1B1OC(C)(C)C(C)(C)O1. The van der Waals surface area contributed by atoms with Crippen molar-refractivity contribution in [1.82, 2.24) is 0 Å². The van der Waals surface area contributed by atoms with Crippen molar-refractivity contribution in [1.29, 1.82) is 0 Å². The molecule has 0 N–H and O–H groups in total. The van der Waals surface area contributed by atoms with E-state index in [9.17, 15) is 8.42 Å². The van der Waals surface area contributed by atoms with E-state index in [1.54, 1.807) is 0 Å². The van der Waals surface area contributed by atoms with Crippen molar-refractivity contribution >= 4 is 28.0 Å². The maximum atomic E-state index is 11.6. The first-order chi connectivity index (χ1) is 11.0. The quantitative estimate of drug-likeness (QED) is 0.771. The maximum Gasteiger partial charge on any atom is 0.495 e. The fourth-order valence-electron chi connectivity index (χ4n) is 3.05. The third-order valence-electron chi connectivity index (χ3n) is 5.41. The minimum Gasteiger partial charge on any atom is -0.399 e. The molecular weight excluding hydrogens is 323 g/mol. The van der Waals surface area contributed by atoms with Crippen LogP contribution in [0, 0.1) is 6.92 Å². The molecule has 3 rings (SSSR count). The average Bonchev–Trinajstić information content (AvgIpc) is 2.67. The van der Waals surface area contributed by atoms with E-state index in [4.69, 9.17) is 9.31 Å². The van der Waals surface area contributed by atoms with Crippen LogP contribution in [-0.4, -0.2) is 38.2 Å². The Hall–Kier alpha value is -1.11. The monoisotopic (exact) mass is 348 g/mol. The highest BCUT2D eigenvalue weighted by Gasteiger charge is 2.52. The van der Waals surface area contributed by atoms with Crippen LogP contribution < -0.4 is 5.46 Å². The van der Waals surface area contributed by atoms with Crippen LogP contribution in [0.4, 0.5) is 0 Å². The van der Waals surface area contributed by atoms with E-state index in [0.717, 1.165) is 22.2 Å². The second-order valence-corrected chi connectivity index (χ2v) is 9.98. The summed E-state index contributed by atoms with van der Waals surface area (Å²) in [7, 11) is -3.27. The van der Waals surface area contributed by atoms with Crippen LogP contribution in [0.5, 0.6) is 0 Å². The highest BCUT2D eigenvalue weighted by molar-refractivity contribution is 7.91. The predicted octanol–water partition coefficient (Wildman–Crippen LogP) is 2.50. The van der Waals surface area contributed by atoms with E-state index in [2.05, 4.69) is 6.07 Å². The molecule has 0 bridgehead atoms. The van der Waals surface area contributed by atoms with E-state index >= 15 is 0 Å². The number of hydrogen-bond donors (Lipinski definition) is 0. The molecule has 2 aliphatic rings. The first-order valence-electron chi connectivity index (χ1n) is 8.37. The summed E-state index contributed by atoms with van der Waals surface area (Å²) in [5.74, 6) is 0.372. The van der Waals surface area contributed by atoms with Gasteiger partial charge in [-0.15, -0.1) is 0 Å². The number of sulfone groups is 1. The number of allylic oxidation sites excluding steroid dienone is 1. The minimum absolute atomic E-state index is 0.139. The van der Waals surface area contributed by atoms with E-state index in [1.807, 2.05) is 52.8 Å². The molecule has 0 amide bonds. The molecule has 0 aromatic heterocycles. The van der Waals surface area contributed by atoms with E-state index in [0.29, 0.717) is 6.42 Å². The largest absolute Gasteiger partial charge is 0.495 e. The number of aryl methyl sites for hydroxylation is 1. The van der Waals surface area contributed by atoms with Gasteiger partial charge in [0.2, 0.25) is 0 Å². The lowest BCUT2D eigenvalue weighted by Crippen LogP contribution is -2.41. The van der Waals surface area contributed by atoms with Gasteiger partial charge in [-0.3, -0.25) is 0 Å². The Bertz CT molecular complexity index is 777. The average molecular weight is 348 g/mol. The lowest BCUT2D eigenvalue weighted by Gasteiger charge is -2.32. The predicted molar refractivity (Wildman–Crippen MR) is 98.1 cm³/mol. The van der Waals surface area contributed by atoms with Gasteiger partial charge in [-0.2, -0.15) is 0 Å². The molecule has 4 nitrogen and oxygen atoms in total. The number of hydrogen-bond acceptors (Lipinski definition) is 4. The summed E-state index contributed by atoms with van der Waals surface area (Å²) in [4.78, 5) is 0. The summed E-state index contributed by atoms with van der Waals surface area (Å²) < 4.78 is 35.4. The van der Waals surface area contributed by atoms with Gasteiger partial charge in [0.05, 0.1) is 22.7 Å². The second kappa shape index (κ2) is 5.72. The van der Waals surface area contributed by atoms with Crippen molar-refractivity contribution in [2.45, 2.75) is 52.2 Å².